The van der Waals surface area contributed by atoms with E-state index in [2.05, 4.69) is 21.4 Å². The minimum atomic E-state index is 0.764. The van der Waals surface area contributed by atoms with E-state index >= 15 is 0 Å². The SMILES string of the molecule is CNCc1cccc(-n2cnc3ccccc32)n1. The van der Waals surface area contributed by atoms with Crippen LogP contribution < -0.4 is 5.32 Å². The summed E-state index contributed by atoms with van der Waals surface area (Å²) in [7, 11) is 1.92. The molecule has 2 aromatic heterocycles. The zero-order valence-electron chi connectivity index (χ0n) is 10.2. The smallest absolute Gasteiger partial charge is 0.138 e. The van der Waals surface area contributed by atoms with Crippen molar-refractivity contribution in [1.29, 1.82) is 0 Å². The summed E-state index contributed by atoms with van der Waals surface area (Å²) >= 11 is 0. The molecule has 0 atom stereocenters. The fourth-order valence-corrected chi connectivity index (χ4v) is 2.02. The van der Waals surface area contributed by atoms with E-state index in [-0.39, 0.29) is 0 Å². The van der Waals surface area contributed by atoms with Crippen LogP contribution in [0.2, 0.25) is 0 Å². The van der Waals surface area contributed by atoms with Gasteiger partial charge in [0.15, 0.2) is 0 Å². The lowest BCUT2D eigenvalue weighted by molar-refractivity contribution is 0.785. The summed E-state index contributed by atoms with van der Waals surface area (Å²) < 4.78 is 2.01. The minimum absolute atomic E-state index is 0.764. The standard InChI is InChI=1S/C14H14N4/c1-15-9-11-5-4-8-14(17-11)18-10-16-12-6-2-3-7-13(12)18/h2-8,10,15H,9H2,1H3. The molecule has 2 heterocycles. The van der Waals surface area contributed by atoms with Crippen LogP contribution in [-0.2, 0) is 6.54 Å². The number of pyridine rings is 1. The largest absolute Gasteiger partial charge is 0.314 e. The monoisotopic (exact) mass is 238 g/mol. The summed E-state index contributed by atoms with van der Waals surface area (Å²) in [5, 5.41) is 3.11. The summed E-state index contributed by atoms with van der Waals surface area (Å²) in [6.45, 7) is 0.764. The Morgan fingerprint density at radius 3 is 2.89 bits per heavy atom. The zero-order valence-corrected chi connectivity index (χ0v) is 10.2. The van der Waals surface area contributed by atoms with E-state index in [9.17, 15) is 0 Å². The quantitative estimate of drug-likeness (QED) is 0.760. The van der Waals surface area contributed by atoms with Gasteiger partial charge in [0.25, 0.3) is 0 Å². The molecule has 0 saturated heterocycles. The van der Waals surface area contributed by atoms with Crippen molar-refractivity contribution < 1.29 is 0 Å². The Balaban J connectivity index is 2.11. The van der Waals surface area contributed by atoms with Gasteiger partial charge < -0.3 is 5.32 Å². The van der Waals surface area contributed by atoms with Gasteiger partial charge in [0.2, 0.25) is 0 Å². The van der Waals surface area contributed by atoms with E-state index in [4.69, 9.17) is 0 Å². The van der Waals surface area contributed by atoms with Crippen molar-refractivity contribution in [2.75, 3.05) is 7.05 Å². The molecule has 18 heavy (non-hydrogen) atoms. The Labute approximate surface area is 105 Å². The Kier molecular flexibility index (Phi) is 2.78. The van der Waals surface area contributed by atoms with E-state index < -0.39 is 0 Å². The topological polar surface area (TPSA) is 42.7 Å². The van der Waals surface area contributed by atoms with Crippen LogP contribution in [0.1, 0.15) is 5.69 Å². The number of hydrogen-bond acceptors (Lipinski definition) is 3. The van der Waals surface area contributed by atoms with Crippen molar-refractivity contribution in [3.05, 3.63) is 54.5 Å². The lowest BCUT2D eigenvalue weighted by Gasteiger charge is -2.05. The second-order valence-electron chi connectivity index (χ2n) is 4.12. The van der Waals surface area contributed by atoms with Crippen molar-refractivity contribution in [3.8, 4) is 5.82 Å². The van der Waals surface area contributed by atoms with Crippen LogP contribution in [0.5, 0.6) is 0 Å². The van der Waals surface area contributed by atoms with E-state index in [1.807, 2.05) is 54.3 Å². The Morgan fingerprint density at radius 2 is 2.00 bits per heavy atom. The number of para-hydroxylation sites is 2. The highest BCUT2D eigenvalue weighted by molar-refractivity contribution is 5.76. The van der Waals surface area contributed by atoms with Gasteiger partial charge in [-0.2, -0.15) is 0 Å². The van der Waals surface area contributed by atoms with Crippen molar-refractivity contribution in [1.82, 2.24) is 19.9 Å². The molecule has 0 saturated carbocycles. The van der Waals surface area contributed by atoms with Gasteiger partial charge in [-0.25, -0.2) is 9.97 Å². The summed E-state index contributed by atoms with van der Waals surface area (Å²) in [5.74, 6) is 0.899. The molecule has 1 N–H and O–H groups in total. The van der Waals surface area contributed by atoms with Gasteiger partial charge in [-0.3, -0.25) is 4.57 Å². The molecular formula is C14H14N4. The van der Waals surface area contributed by atoms with Crippen molar-refractivity contribution in [2.24, 2.45) is 0 Å². The summed E-state index contributed by atoms with van der Waals surface area (Å²) in [6, 6.07) is 14.1. The lowest BCUT2D eigenvalue weighted by Crippen LogP contribution is -2.08. The molecule has 3 aromatic rings. The number of aromatic nitrogens is 3. The number of fused-ring (bicyclic) bond motifs is 1. The summed E-state index contributed by atoms with van der Waals surface area (Å²) in [6.07, 6.45) is 1.82. The van der Waals surface area contributed by atoms with Crippen LogP contribution in [-0.4, -0.2) is 21.6 Å². The van der Waals surface area contributed by atoms with Gasteiger partial charge in [0, 0.05) is 6.54 Å². The average molecular weight is 238 g/mol. The van der Waals surface area contributed by atoms with Crippen LogP contribution in [0.15, 0.2) is 48.8 Å². The van der Waals surface area contributed by atoms with Crippen molar-refractivity contribution in [3.63, 3.8) is 0 Å². The summed E-state index contributed by atoms with van der Waals surface area (Å²) in [4.78, 5) is 8.99. The number of nitrogens with zero attached hydrogens (tertiary/aromatic N) is 3. The number of rotatable bonds is 3. The second-order valence-corrected chi connectivity index (χ2v) is 4.12. The molecule has 0 radical (unpaired) electrons. The van der Waals surface area contributed by atoms with Gasteiger partial charge in [-0.05, 0) is 31.3 Å². The van der Waals surface area contributed by atoms with Crippen LogP contribution >= 0.6 is 0 Å². The maximum Gasteiger partial charge on any atom is 0.138 e. The fraction of sp³-hybridized carbons (Fsp3) is 0.143. The molecule has 4 nitrogen and oxygen atoms in total. The normalized spacial score (nSPS) is 10.9. The highest BCUT2D eigenvalue weighted by atomic mass is 15.1. The van der Waals surface area contributed by atoms with Crippen LogP contribution in [0.3, 0.4) is 0 Å². The minimum Gasteiger partial charge on any atom is -0.314 e. The first-order valence-electron chi connectivity index (χ1n) is 5.91. The van der Waals surface area contributed by atoms with Gasteiger partial charge in [0.05, 0.1) is 16.7 Å². The highest BCUT2D eigenvalue weighted by Gasteiger charge is 2.05. The molecule has 0 aliphatic rings. The summed E-state index contributed by atoms with van der Waals surface area (Å²) in [5.41, 5.74) is 3.08. The third-order valence-corrected chi connectivity index (χ3v) is 2.85. The Bertz CT molecular complexity index is 672. The number of imidazole rings is 1. The number of nitrogens with one attached hydrogen (secondary N) is 1. The van der Waals surface area contributed by atoms with Gasteiger partial charge >= 0.3 is 0 Å². The third-order valence-electron chi connectivity index (χ3n) is 2.85. The lowest BCUT2D eigenvalue weighted by atomic mass is 10.3. The Hall–Kier alpha value is -2.20. The first-order chi connectivity index (χ1) is 8.88. The molecule has 0 bridgehead atoms. The Morgan fingerprint density at radius 1 is 1.11 bits per heavy atom. The fourth-order valence-electron chi connectivity index (χ4n) is 2.02. The second kappa shape index (κ2) is 4.58. The van der Waals surface area contributed by atoms with E-state index in [1.54, 1.807) is 0 Å². The molecule has 0 fully saturated rings. The predicted octanol–water partition coefficient (Wildman–Crippen LogP) is 2.14. The molecule has 3 rings (SSSR count). The molecule has 90 valence electrons. The molecule has 1 aromatic carbocycles. The van der Waals surface area contributed by atoms with Crippen LogP contribution in [0.25, 0.3) is 16.9 Å². The molecule has 0 unspecified atom stereocenters. The number of benzene rings is 1. The van der Waals surface area contributed by atoms with Gasteiger partial charge in [0.1, 0.15) is 12.1 Å². The molecule has 0 spiro atoms. The zero-order chi connectivity index (χ0) is 12.4. The molecule has 0 aliphatic heterocycles. The number of hydrogen-bond donors (Lipinski definition) is 1. The highest BCUT2D eigenvalue weighted by Crippen LogP contribution is 2.16. The van der Waals surface area contributed by atoms with Crippen molar-refractivity contribution >= 4 is 11.0 Å². The molecule has 0 aliphatic carbocycles. The first-order valence-corrected chi connectivity index (χ1v) is 5.91. The maximum atomic E-state index is 4.62. The molecular weight excluding hydrogens is 224 g/mol. The maximum absolute atomic E-state index is 4.62. The van der Waals surface area contributed by atoms with E-state index in [1.165, 1.54) is 0 Å². The molecule has 4 heteroatoms. The average Bonchev–Trinajstić information content (AvgIpc) is 2.83. The van der Waals surface area contributed by atoms with Gasteiger partial charge in [-0.1, -0.05) is 18.2 Å². The predicted molar refractivity (Wildman–Crippen MR) is 71.6 cm³/mol. The van der Waals surface area contributed by atoms with E-state index in [0.29, 0.717) is 0 Å². The van der Waals surface area contributed by atoms with Gasteiger partial charge in [-0.15, -0.1) is 0 Å². The first kappa shape index (κ1) is 10.9. The third kappa shape index (κ3) is 1.87. The molecule has 0 amide bonds. The van der Waals surface area contributed by atoms with E-state index in [0.717, 1.165) is 29.1 Å². The van der Waals surface area contributed by atoms with Crippen LogP contribution in [0, 0.1) is 0 Å². The van der Waals surface area contributed by atoms with Crippen molar-refractivity contribution in [2.45, 2.75) is 6.54 Å². The van der Waals surface area contributed by atoms with Crippen LogP contribution in [0.4, 0.5) is 0 Å².